The van der Waals surface area contributed by atoms with Gasteiger partial charge in [-0.3, -0.25) is 10.1 Å². The number of imidazole rings is 1. The maximum absolute atomic E-state index is 11.4. The fourth-order valence-electron chi connectivity index (χ4n) is 1.44. The second-order valence-corrected chi connectivity index (χ2v) is 6.58. The van der Waals surface area contributed by atoms with Gasteiger partial charge >= 0.3 is 6.03 Å². The van der Waals surface area contributed by atoms with Crippen LogP contribution < -0.4 is 11.1 Å². The van der Waals surface area contributed by atoms with Gasteiger partial charge in [-0.25, -0.2) is 18.2 Å². The zero-order valence-electron chi connectivity index (χ0n) is 10.3. The summed E-state index contributed by atoms with van der Waals surface area (Å²) < 4.78 is 23.7. The molecular formula is C9H13ClN4O4S. The third-order valence-corrected chi connectivity index (χ3v) is 3.30. The lowest BCUT2D eigenvalue weighted by Gasteiger charge is -2.08. The number of halogens is 1. The number of primary amides is 1. The van der Waals surface area contributed by atoms with Crippen molar-refractivity contribution in [2.75, 3.05) is 0 Å². The van der Waals surface area contributed by atoms with Gasteiger partial charge in [-0.2, -0.15) is 0 Å². The van der Waals surface area contributed by atoms with Crippen LogP contribution in [-0.2, 0) is 20.4 Å². The van der Waals surface area contributed by atoms with Crippen molar-refractivity contribution in [1.82, 2.24) is 14.9 Å². The van der Waals surface area contributed by atoms with Crippen molar-refractivity contribution < 1.29 is 18.0 Å². The number of amides is 3. The van der Waals surface area contributed by atoms with Crippen LogP contribution in [0.2, 0.25) is 0 Å². The number of rotatable bonds is 4. The molecule has 19 heavy (non-hydrogen) atoms. The highest BCUT2D eigenvalue weighted by atomic mass is 35.7. The van der Waals surface area contributed by atoms with Crippen LogP contribution in [0.5, 0.6) is 0 Å². The van der Waals surface area contributed by atoms with Gasteiger partial charge in [-0.15, -0.1) is 0 Å². The molecule has 0 saturated heterocycles. The number of imide groups is 1. The SMILES string of the molecule is CC(C)c1nc(S(=O)(=O)Cl)cn1CC(=O)NC(N)=O. The predicted octanol–water partition coefficient (Wildman–Crippen LogP) is 0.129. The number of carbonyl (C=O) groups is 2. The van der Waals surface area contributed by atoms with Gasteiger partial charge in [0.2, 0.25) is 5.91 Å². The van der Waals surface area contributed by atoms with E-state index >= 15 is 0 Å². The Balaban J connectivity index is 3.09. The van der Waals surface area contributed by atoms with Gasteiger partial charge < -0.3 is 10.3 Å². The summed E-state index contributed by atoms with van der Waals surface area (Å²) in [5, 5.41) is 1.53. The van der Waals surface area contributed by atoms with E-state index in [2.05, 4.69) is 4.98 Å². The molecule has 1 rings (SSSR count). The summed E-state index contributed by atoms with van der Waals surface area (Å²) >= 11 is 0. The number of nitrogens with zero attached hydrogens (tertiary/aromatic N) is 2. The van der Waals surface area contributed by atoms with Gasteiger partial charge in [0.25, 0.3) is 9.05 Å². The molecule has 1 heterocycles. The summed E-state index contributed by atoms with van der Waals surface area (Å²) in [6.45, 7) is 3.26. The second kappa shape index (κ2) is 5.57. The van der Waals surface area contributed by atoms with Gasteiger partial charge in [0.1, 0.15) is 12.4 Å². The van der Waals surface area contributed by atoms with Crippen molar-refractivity contribution in [2.45, 2.75) is 31.3 Å². The molecule has 0 saturated carbocycles. The summed E-state index contributed by atoms with van der Waals surface area (Å²) in [6, 6.07) is -0.985. The van der Waals surface area contributed by atoms with Crippen molar-refractivity contribution in [3.05, 3.63) is 12.0 Å². The molecule has 0 aliphatic carbocycles. The quantitative estimate of drug-likeness (QED) is 0.765. The summed E-state index contributed by atoms with van der Waals surface area (Å²) in [5.74, 6) is -0.447. The Kier molecular flexibility index (Phi) is 4.53. The number of aromatic nitrogens is 2. The highest BCUT2D eigenvalue weighted by Gasteiger charge is 2.20. The van der Waals surface area contributed by atoms with E-state index in [4.69, 9.17) is 16.4 Å². The Bertz CT molecular complexity index is 608. The Hall–Kier alpha value is -1.61. The van der Waals surface area contributed by atoms with Crippen molar-refractivity contribution in [2.24, 2.45) is 5.73 Å². The molecule has 1 aromatic heterocycles. The van der Waals surface area contributed by atoms with E-state index in [0.717, 1.165) is 6.20 Å². The molecule has 1 aromatic rings. The van der Waals surface area contributed by atoms with Crippen LogP contribution >= 0.6 is 10.7 Å². The van der Waals surface area contributed by atoms with Crippen LogP contribution in [-0.4, -0.2) is 29.9 Å². The Morgan fingerprint density at radius 1 is 1.53 bits per heavy atom. The minimum Gasteiger partial charge on any atom is -0.351 e. The van der Waals surface area contributed by atoms with Crippen LogP contribution in [0.4, 0.5) is 4.79 Å². The molecule has 0 aliphatic rings. The molecule has 0 bridgehead atoms. The number of nitrogens with one attached hydrogen (secondary N) is 1. The number of hydrogen-bond acceptors (Lipinski definition) is 5. The van der Waals surface area contributed by atoms with Gasteiger partial charge in [0.05, 0.1) is 0 Å². The molecule has 106 valence electrons. The zero-order valence-corrected chi connectivity index (χ0v) is 11.8. The molecular weight excluding hydrogens is 296 g/mol. The highest BCUT2D eigenvalue weighted by Crippen LogP contribution is 2.19. The molecule has 0 aliphatic heterocycles. The highest BCUT2D eigenvalue weighted by molar-refractivity contribution is 8.13. The monoisotopic (exact) mass is 308 g/mol. The molecule has 0 spiro atoms. The number of nitrogens with two attached hydrogens (primary N) is 1. The molecule has 8 nitrogen and oxygen atoms in total. The van der Waals surface area contributed by atoms with E-state index in [0.29, 0.717) is 5.82 Å². The van der Waals surface area contributed by atoms with Crippen molar-refractivity contribution in [1.29, 1.82) is 0 Å². The smallest absolute Gasteiger partial charge is 0.318 e. The summed E-state index contributed by atoms with van der Waals surface area (Å²) in [5.41, 5.74) is 4.81. The summed E-state index contributed by atoms with van der Waals surface area (Å²) in [6.07, 6.45) is 1.14. The first-order valence-electron chi connectivity index (χ1n) is 5.22. The average molecular weight is 309 g/mol. The van der Waals surface area contributed by atoms with Crippen LogP contribution in [0.25, 0.3) is 0 Å². The molecule has 0 atom stereocenters. The molecule has 0 radical (unpaired) electrons. The van der Waals surface area contributed by atoms with Crippen LogP contribution in [0, 0.1) is 0 Å². The van der Waals surface area contributed by atoms with E-state index < -0.39 is 21.0 Å². The van der Waals surface area contributed by atoms with E-state index in [1.54, 1.807) is 13.8 Å². The van der Waals surface area contributed by atoms with Crippen molar-refractivity contribution in [3.8, 4) is 0 Å². The first-order valence-corrected chi connectivity index (χ1v) is 7.53. The van der Waals surface area contributed by atoms with Gasteiger partial charge in [-0.1, -0.05) is 13.8 Å². The largest absolute Gasteiger partial charge is 0.351 e. The molecule has 0 aromatic carbocycles. The fraction of sp³-hybridized carbons (Fsp3) is 0.444. The summed E-state index contributed by atoms with van der Waals surface area (Å²) in [7, 11) is 1.21. The van der Waals surface area contributed by atoms with Gasteiger partial charge in [0.15, 0.2) is 5.03 Å². The van der Waals surface area contributed by atoms with Gasteiger partial charge in [-0.05, 0) is 0 Å². The van der Waals surface area contributed by atoms with Crippen molar-refractivity contribution in [3.63, 3.8) is 0 Å². The molecule has 10 heteroatoms. The van der Waals surface area contributed by atoms with E-state index in [1.807, 2.05) is 5.32 Å². The van der Waals surface area contributed by atoms with E-state index in [1.165, 1.54) is 4.57 Å². The average Bonchev–Trinajstić information content (AvgIpc) is 2.59. The normalized spacial score (nSPS) is 11.6. The molecule has 3 N–H and O–H groups in total. The zero-order chi connectivity index (χ0) is 14.8. The minimum absolute atomic E-state index is 0.131. The maximum atomic E-state index is 11.4. The van der Waals surface area contributed by atoms with Crippen LogP contribution in [0.1, 0.15) is 25.6 Å². The molecule has 0 fully saturated rings. The third kappa shape index (κ3) is 4.21. The van der Waals surface area contributed by atoms with E-state index in [9.17, 15) is 18.0 Å². The standard InChI is InChI=1S/C9H13ClN4O4S/c1-5(2)8-13-7(19(10,17)18)4-14(8)3-6(15)12-9(11)16/h4-5H,3H2,1-2H3,(H3,11,12,15,16). The number of urea groups is 1. The first kappa shape index (κ1) is 15.4. The number of carbonyl (C=O) groups excluding carboxylic acids is 2. The second-order valence-electron chi connectivity index (χ2n) is 4.07. The van der Waals surface area contributed by atoms with Gasteiger partial charge in [0, 0.05) is 22.8 Å². The summed E-state index contributed by atoms with van der Waals surface area (Å²) in [4.78, 5) is 25.8. The molecule has 0 unspecified atom stereocenters. The lowest BCUT2D eigenvalue weighted by atomic mass is 10.2. The predicted molar refractivity (Wildman–Crippen MR) is 67.1 cm³/mol. The number of hydrogen-bond donors (Lipinski definition) is 2. The van der Waals surface area contributed by atoms with E-state index in [-0.39, 0.29) is 17.5 Å². The maximum Gasteiger partial charge on any atom is 0.318 e. The Morgan fingerprint density at radius 2 is 2.11 bits per heavy atom. The van der Waals surface area contributed by atoms with Crippen LogP contribution in [0.15, 0.2) is 11.2 Å². The molecule has 3 amide bonds. The minimum atomic E-state index is -3.98. The first-order chi connectivity index (χ1) is 8.61. The van der Waals surface area contributed by atoms with Crippen LogP contribution in [0.3, 0.4) is 0 Å². The lowest BCUT2D eigenvalue weighted by Crippen LogP contribution is -2.37. The van der Waals surface area contributed by atoms with Crippen molar-refractivity contribution >= 4 is 31.7 Å². The third-order valence-electron chi connectivity index (χ3n) is 2.13. The topological polar surface area (TPSA) is 124 Å². The fourth-order valence-corrected chi connectivity index (χ4v) is 2.12. The Morgan fingerprint density at radius 3 is 2.53 bits per heavy atom. The Labute approximate surface area is 114 Å². The lowest BCUT2D eigenvalue weighted by molar-refractivity contribution is -0.120.